The summed E-state index contributed by atoms with van der Waals surface area (Å²) in [6, 6.07) is 5.86. The number of benzene rings is 1. The molecule has 1 aromatic rings. The Balaban J connectivity index is 2.71. The molecule has 1 rings (SSSR count). The molecule has 0 radical (unpaired) electrons. The van der Waals surface area contributed by atoms with Crippen LogP contribution in [0.3, 0.4) is 0 Å². The van der Waals surface area contributed by atoms with Crippen LogP contribution in [0.1, 0.15) is 5.56 Å². The topological polar surface area (TPSA) is 89.8 Å². The minimum atomic E-state index is -1.49. The quantitative estimate of drug-likeness (QED) is 0.460. The molecule has 5 nitrogen and oxygen atoms in total. The van der Waals surface area contributed by atoms with E-state index in [-0.39, 0.29) is 0 Å². The van der Waals surface area contributed by atoms with Crippen LogP contribution in [0.15, 0.2) is 24.3 Å². The molecule has 0 fully saturated rings. The monoisotopic (exact) mass is 223 g/mol. The van der Waals surface area contributed by atoms with Gasteiger partial charge >= 0.3 is 13.1 Å². The molecule has 16 heavy (non-hydrogen) atoms. The predicted octanol–water partition coefficient (Wildman–Crippen LogP) is -1.42. The summed E-state index contributed by atoms with van der Waals surface area (Å²) in [4.78, 5) is 10.8. The Morgan fingerprint density at radius 1 is 1.38 bits per heavy atom. The molecule has 0 aliphatic carbocycles. The fourth-order valence-corrected chi connectivity index (χ4v) is 1.37. The van der Waals surface area contributed by atoms with E-state index in [4.69, 9.17) is 15.2 Å². The molecule has 1 atom stereocenters. The van der Waals surface area contributed by atoms with Gasteiger partial charge in [-0.2, -0.15) is 0 Å². The molecular formula is C10H14BNO4. The lowest BCUT2D eigenvalue weighted by atomic mass is 9.80. The van der Waals surface area contributed by atoms with Crippen LogP contribution in [0.2, 0.25) is 0 Å². The largest absolute Gasteiger partial charge is 0.488 e. The van der Waals surface area contributed by atoms with Crippen molar-refractivity contribution in [3.8, 4) is 0 Å². The van der Waals surface area contributed by atoms with E-state index in [1.807, 2.05) is 0 Å². The highest BCUT2D eigenvalue weighted by molar-refractivity contribution is 6.58. The first-order chi connectivity index (χ1) is 7.54. The molecule has 0 saturated heterocycles. The third-order valence-electron chi connectivity index (χ3n) is 2.36. The summed E-state index contributed by atoms with van der Waals surface area (Å²) in [5.41, 5.74) is 1.21. The van der Waals surface area contributed by atoms with Crippen LogP contribution in [0.5, 0.6) is 0 Å². The summed E-state index contributed by atoms with van der Waals surface area (Å²) >= 11 is 0. The van der Waals surface area contributed by atoms with Crippen LogP contribution in [-0.4, -0.2) is 41.3 Å². The molecule has 0 bridgehead atoms. The number of hydrogen-bond acceptors (Lipinski definition) is 4. The number of aliphatic carboxylic acids is 1. The number of carbonyl (C=O) groups is 1. The molecule has 0 aliphatic rings. The summed E-state index contributed by atoms with van der Waals surface area (Å²) in [6.45, 7) is 0. The zero-order chi connectivity index (χ0) is 12.1. The Morgan fingerprint density at radius 2 is 1.94 bits per heavy atom. The highest BCUT2D eigenvalue weighted by atomic mass is 16.4. The second-order valence-corrected chi connectivity index (χ2v) is 3.50. The van der Waals surface area contributed by atoms with Gasteiger partial charge in [-0.25, -0.2) is 0 Å². The maximum atomic E-state index is 10.8. The van der Waals surface area contributed by atoms with E-state index in [1.54, 1.807) is 31.3 Å². The van der Waals surface area contributed by atoms with Gasteiger partial charge in [-0.1, -0.05) is 24.3 Å². The van der Waals surface area contributed by atoms with Gasteiger partial charge < -0.3 is 20.5 Å². The molecule has 86 valence electrons. The lowest BCUT2D eigenvalue weighted by molar-refractivity contribution is -0.139. The van der Waals surface area contributed by atoms with E-state index in [1.165, 1.54) is 0 Å². The number of nitrogens with one attached hydrogen (secondary N) is 1. The Bertz CT molecular complexity index is 352. The Labute approximate surface area is 93.9 Å². The first kappa shape index (κ1) is 12.7. The molecule has 1 aromatic carbocycles. The van der Waals surface area contributed by atoms with Crippen molar-refractivity contribution in [2.45, 2.75) is 12.5 Å². The lowest BCUT2D eigenvalue weighted by Gasteiger charge is -2.11. The average Bonchev–Trinajstić information content (AvgIpc) is 2.26. The highest BCUT2D eigenvalue weighted by Crippen LogP contribution is 2.02. The summed E-state index contributed by atoms with van der Waals surface area (Å²) in [6.07, 6.45) is 0.355. The fraction of sp³-hybridized carbons (Fsp3) is 0.300. The second kappa shape index (κ2) is 5.65. The molecule has 0 amide bonds. The van der Waals surface area contributed by atoms with Gasteiger partial charge in [0.1, 0.15) is 6.04 Å². The number of carboxylic acids is 1. The zero-order valence-corrected chi connectivity index (χ0v) is 8.92. The van der Waals surface area contributed by atoms with Crippen molar-refractivity contribution < 1.29 is 19.9 Å². The van der Waals surface area contributed by atoms with E-state index in [0.717, 1.165) is 5.56 Å². The predicted molar refractivity (Wildman–Crippen MR) is 60.5 cm³/mol. The van der Waals surface area contributed by atoms with E-state index >= 15 is 0 Å². The molecule has 6 heteroatoms. The van der Waals surface area contributed by atoms with Crippen LogP contribution in [0.25, 0.3) is 0 Å². The number of hydrogen-bond donors (Lipinski definition) is 4. The second-order valence-electron chi connectivity index (χ2n) is 3.50. The first-order valence-corrected chi connectivity index (χ1v) is 4.89. The van der Waals surface area contributed by atoms with Gasteiger partial charge in [0.2, 0.25) is 0 Å². The van der Waals surface area contributed by atoms with Crippen molar-refractivity contribution in [2.75, 3.05) is 7.05 Å². The average molecular weight is 223 g/mol. The van der Waals surface area contributed by atoms with Crippen LogP contribution in [-0.2, 0) is 11.2 Å². The van der Waals surface area contributed by atoms with Crippen LogP contribution < -0.4 is 10.8 Å². The summed E-state index contributed by atoms with van der Waals surface area (Å²) in [5.74, 6) is -0.909. The zero-order valence-electron chi connectivity index (χ0n) is 8.92. The fourth-order valence-electron chi connectivity index (χ4n) is 1.37. The van der Waals surface area contributed by atoms with E-state index in [2.05, 4.69) is 5.32 Å². The lowest BCUT2D eigenvalue weighted by Crippen LogP contribution is -2.36. The number of rotatable bonds is 5. The normalized spacial score (nSPS) is 12.2. The van der Waals surface area contributed by atoms with Crippen LogP contribution in [0, 0.1) is 0 Å². The molecule has 0 saturated carbocycles. The molecule has 0 aliphatic heterocycles. The molecule has 4 N–H and O–H groups in total. The van der Waals surface area contributed by atoms with Crippen molar-refractivity contribution in [2.24, 2.45) is 0 Å². The third-order valence-corrected chi connectivity index (χ3v) is 2.36. The van der Waals surface area contributed by atoms with Gasteiger partial charge in [0, 0.05) is 0 Å². The molecular weight excluding hydrogens is 209 g/mol. The van der Waals surface area contributed by atoms with Crippen LogP contribution in [0.4, 0.5) is 0 Å². The molecule has 0 spiro atoms. The van der Waals surface area contributed by atoms with Gasteiger partial charge in [0.05, 0.1) is 0 Å². The van der Waals surface area contributed by atoms with E-state index in [9.17, 15) is 4.79 Å². The number of carboxylic acid groups (broad SMARTS) is 1. The Morgan fingerprint density at radius 3 is 2.31 bits per heavy atom. The Hall–Kier alpha value is -1.37. The van der Waals surface area contributed by atoms with Gasteiger partial charge in [0.15, 0.2) is 0 Å². The maximum Gasteiger partial charge on any atom is 0.488 e. The van der Waals surface area contributed by atoms with Crippen molar-refractivity contribution in [1.29, 1.82) is 0 Å². The summed E-state index contributed by atoms with van der Waals surface area (Å²) in [5, 5.41) is 29.3. The molecule has 0 aromatic heterocycles. The SMILES string of the molecule is CN[C@@H](Cc1ccc(B(O)O)cc1)C(=O)O. The highest BCUT2D eigenvalue weighted by Gasteiger charge is 2.16. The smallest absolute Gasteiger partial charge is 0.480 e. The third kappa shape index (κ3) is 3.34. The van der Waals surface area contributed by atoms with Gasteiger partial charge in [0.25, 0.3) is 0 Å². The molecule has 0 heterocycles. The first-order valence-electron chi connectivity index (χ1n) is 4.89. The molecule has 0 unspecified atom stereocenters. The van der Waals surface area contributed by atoms with Crippen LogP contribution >= 0.6 is 0 Å². The van der Waals surface area contributed by atoms with E-state index < -0.39 is 19.1 Å². The van der Waals surface area contributed by atoms with Gasteiger partial charge in [-0.3, -0.25) is 4.79 Å². The van der Waals surface area contributed by atoms with Crippen molar-refractivity contribution >= 4 is 18.6 Å². The van der Waals surface area contributed by atoms with Gasteiger partial charge in [-0.05, 0) is 24.5 Å². The maximum absolute atomic E-state index is 10.8. The van der Waals surface area contributed by atoms with Gasteiger partial charge in [-0.15, -0.1) is 0 Å². The Kier molecular flexibility index (Phi) is 4.48. The number of likely N-dealkylation sites (N-methyl/N-ethyl adjacent to an activating group) is 1. The van der Waals surface area contributed by atoms with Crippen molar-refractivity contribution in [1.82, 2.24) is 5.32 Å². The summed E-state index contributed by atoms with van der Waals surface area (Å²) in [7, 11) is 0.0959. The van der Waals surface area contributed by atoms with Crippen molar-refractivity contribution in [3.63, 3.8) is 0 Å². The standard InChI is InChI=1S/C10H14BNO4/c1-12-9(10(13)14)6-7-2-4-8(5-3-7)11(15)16/h2-5,9,12,15-16H,6H2,1H3,(H,13,14)/t9-/m0/s1. The minimum absolute atomic E-state index is 0.355. The summed E-state index contributed by atoms with van der Waals surface area (Å²) < 4.78 is 0. The van der Waals surface area contributed by atoms with E-state index in [0.29, 0.717) is 11.9 Å². The van der Waals surface area contributed by atoms with Crippen molar-refractivity contribution in [3.05, 3.63) is 29.8 Å². The minimum Gasteiger partial charge on any atom is -0.480 e.